The molecule has 0 spiro atoms. The molecule has 1 aliphatic carbocycles. The second-order valence-corrected chi connectivity index (χ2v) is 6.70. The molecule has 1 saturated carbocycles. The predicted molar refractivity (Wildman–Crippen MR) is 94.0 cm³/mol. The van der Waals surface area contributed by atoms with Crippen molar-refractivity contribution in [2.75, 3.05) is 31.1 Å². The van der Waals surface area contributed by atoms with E-state index in [1.54, 1.807) is 6.20 Å². The molecule has 0 bridgehead atoms. The lowest BCUT2D eigenvalue weighted by molar-refractivity contribution is -0.126. The Hall–Kier alpha value is -2.21. The molecule has 2 aromatic heterocycles. The van der Waals surface area contributed by atoms with Gasteiger partial charge in [0.25, 0.3) is 0 Å². The topological polar surface area (TPSA) is 61.4 Å². The number of fused-ring (bicyclic) bond motifs is 1. The Balaban J connectivity index is 1.42. The van der Waals surface area contributed by atoms with Crippen molar-refractivity contribution in [1.29, 1.82) is 0 Å². The minimum absolute atomic E-state index is 0.0522. The largest absolute Gasteiger partial charge is 0.368 e. The first-order valence-electron chi connectivity index (χ1n) is 8.70. The highest BCUT2D eigenvalue weighted by molar-refractivity contribution is 5.90. The minimum Gasteiger partial charge on any atom is -0.368 e. The SMILES string of the molecule is C[C@@H](C(=O)NC1CC1)N1CCN(c2ccnc3ccncc23)CC1. The third kappa shape index (κ3) is 3.06. The van der Waals surface area contributed by atoms with Crippen LogP contribution in [-0.2, 0) is 4.79 Å². The van der Waals surface area contributed by atoms with E-state index in [1.807, 2.05) is 25.4 Å². The maximum Gasteiger partial charge on any atom is 0.237 e. The van der Waals surface area contributed by atoms with Crippen molar-refractivity contribution in [2.45, 2.75) is 31.8 Å². The Morgan fingerprint density at radius 2 is 2.00 bits per heavy atom. The smallest absolute Gasteiger partial charge is 0.237 e. The molecule has 1 saturated heterocycles. The van der Waals surface area contributed by atoms with E-state index in [9.17, 15) is 4.79 Å². The maximum atomic E-state index is 12.2. The van der Waals surface area contributed by atoms with E-state index in [-0.39, 0.29) is 11.9 Å². The number of hydrogen-bond acceptors (Lipinski definition) is 5. The molecule has 1 N–H and O–H groups in total. The summed E-state index contributed by atoms with van der Waals surface area (Å²) < 4.78 is 0. The molecule has 2 aliphatic rings. The van der Waals surface area contributed by atoms with Gasteiger partial charge in [-0.1, -0.05) is 0 Å². The minimum atomic E-state index is -0.0522. The van der Waals surface area contributed by atoms with Gasteiger partial charge in [0.15, 0.2) is 0 Å². The van der Waals surface area contributed by atoms with E-state index in [1.165, 1.54) is 5.69 Å². The summed E-state index contributed by atoms with van der Waals surface area (Å²) in [5, 5.41) is 4.20. The highest BCUT2D eigenvalue weighted by atomic mass is 16.2. The van der Waals surface area contributed by atoms with Gasteiger partial charge in [0.1, 0.15) is 0 Å². The van der Waals surface area contributed by atoms with Crippen molar-refractivity contribution in [3.63, 3.8) is 0 Å². The van der Waals surface area contributed by atoms with Gasteiger partial charge in [0.2, 0.25) is 5.91 Å². The van der Waals surface area contributed by atoms with Crippen LogP contribution in [0.5, 0.6) is 0 Å². The summed E-state index contributed by atoms with van der Waals surface area (Å²) in [6.45, 7) is 5.62. The summed E-state index contributed by atoms with van der Waals surface area (Å²) in [6.07, 6.45) is 7.79. The lowest BCUT2D eigenvalue weighted by Crippen LogP contribution is -2.54. The Labute approximate surface area is 141 Å². The quantitative estimate of drug-likeness (QED) is 0.921. The van der Waals surface area contributed by atoms with Crippen LogP contribution in [0.1, 0.15) is 19.8 Å². The van der Waals surface area contributed by atoms with Crippen LogP contribution < -0.4 is 10.2 Å². The van der Waals surface area contributed by atoms with E-state index in [0.29, 0.717) is 6.04 Å². The summed E-state index contributed by atoms with van der Waals surface area (Å²) in [5.74, 6) is 0.171. The van der Waals surface area contributed by atoms with Crippen LogP contribution in [0.25, 0.3) is 10.9 Å². The summed E-state index contributed by atoms with van der Waals surface area (Å²) in [4.78, 5) is 25.5. The number of amides is 1. The first-order chi connectivity index (χ1) is 11.7. The third-order valence-corrected chi connectivity index (χ3v) is 5.03. The van der Waals surface area contributed by atoms with Crippen LogP contribution in [0.4, 0.5) is 5.69 Å². The molecular formula is C18H23N5O. The van der Waals surface area contributed by atoms with Gasteiger partial charge in [-0.3, -0.25) is 19.7 Å². The molecule has 2 fully saturated rings. The second-order valence-electron chi connectivity index (χ2n) is 6.70. The first kappa shape index (κ1) is 15.3. The molecular weight excluding hydrogens is 302 g/mol. The number of hydrogen-bond donors (Lipinski definition) is 1. The highest BCUT2D eigenvalue weighted by Crippen LogP contribution is 2.26. The zero-order valence-corrected chi connectivity index (χ0v) is 14.0. The molecule has 24 heavy (non-hydrogen) atoms. The fourth-order valence-corrected chi connectivity index (χ4v) is 3.32. The number of carbonyl (C=O) groups is 1. The standard InChI is InChI=1S/C18H23N5O/c1-13(18(24)21-14-2-3-14)22-8-10-23(11-9-22)17-5-7-20-16-4-6-19-12-15(16)17/h4-7,12-14H,2-3,8-11H2,1H3,(H,21,24)/t13-/m0/s1. The molecule has 1 aliphatic heterocycles. The molecule has 0 unspecified atom stereocenters. The molecule has 6 nitrogen and oxygen atoms in total. The van der Waals surface area contributed by atoms with Crippen molar-refractivity contribution in [1.82, 2.24) is 20.2 Å². The molecule has 126 valence electrons. The van der Waals surface area contributed by atoms with E-state index in [4.69, 9.17) is 0 Å². The summed E-state index contributed by atoms with van der Waals surface area (Å²) in [5.41, 5.74) is 2.16. The van der Waals surface area contributed by atoms with Gasteiger partial charge in [-0.15, -0.1) is 0 Å². The Kier molecular flexibility index (Phi) is 4.06. The van der Waals surface area contributed by atoms with E-state index < -0.39 is 0 Å². The number of piperazine rings is 1. The van der Waals surface area contributed by atoms with Crippen LogP contribution in [0, 0.1) is 0 Å². The number of anilines is 1. The summed E-state index contributed by atoms with van der Waals surface area (Å²) >= 11 is 0. The van der Waals surface area contributed by atoms with Gasteiger partial charge in [-0.25, -0.2) is 0 Å². The van der Waals surface area contributed by atoms with E-state index >= 15 is 0 Å². The van der Waals surface area contributed by atoms with Crippen molar-refractivity contribution < 1.29 is 4.79 Å². The zero-order valence-electron chi connectivity index (χ0n) is 14.0. The maximum absolute atomic E-state index is 12.2. The fourth-order valence-electron chi connectivity index (χ4n) is 3.32. The van der Waals surface area contributed by atoms with Gasteiger partial charge in [-0.2, -0.15) is 0 Å². The van der Waals surface area contributed by atoms with Gasteiger partial charge >= 0.3 is 0 Å². The lowest BCUT2D eigenvalue weighted by Gasteiger charge is -2.38. The molecule has 4 rings (SSSR count). The van der Waals surface area contributed by atoms with Gasteiger partial charge in [-0.05, 0) is 31.9 Å². The number of carbonyl (C=O) groups excluding carboxylic acids is 1. The Morgan fingerprint density at radius 3 is 2.75 bits per heavy atom. The normalized spacial score (nSPS) is 20.1. The monoisotopic (exact) mass is 325 g/mol. The highest BCUT2D eigenvalue weighted by Gasteiger charge is 2.30. The van der Waals surface area contributed by atoms with Crippen LogP contribution in [0.3, 0.4) is 0 Å². The van der Waals surface area contributed by atoms with Crippen LogP contribution in [0.15, 0.2) is 30.7 Å². The van der Waals surface area contributed by atoms with Crippen LogP contribution >= 0.6 is 0 Å². The molecule has 0 aromatic carbocycles. The van der Waals surface area contributed by atoms with Crippen molar-refractivity contribution in [2.24, 2.45) is 0 Å². The Morgan fingerprint density at radius 1 is 1.21 bits per heavy atom. The van der Waals surface area contributed by atoms with Crippen molar-refractivity contribution in [3.05, 3.63) is 30.7 Å². The van der Waals surface area contributed by atoms with E-state index in [0.717, 1.165) is 49.9 Å². The molecule has 2 aromatic rings. The summed E-state index contributed by atoms with van der Waals surface area (Å²) in [7, 11) is 0. The van der Waals surface area contributed by atoms with E-state index in [2.05, 4.69) is 31.2 Å². The van der Waals surface area contributed by atoms with Gasteiger partial charge in [0, 0.05) is 61.9 Å². The first-order valence-corrected chi connectivity index (χ1v) is 8.70. The van der Waals surface area contributed by atoms with Gasteiger partial charge < -0.3 is 10.2 Å². The number of rotatable bonds is 4. The number of pyridine rings is 2. The third-order valence-electron chi connectivity index (χ3n) is 5.03. The Bertz CT molecular complexity index is 732. The molecule has 3 heterocycles. The van der Waals surface area contributed by atoms with Crippen LogP contribution in [0.2, 0.25) is 0 Å². The van der Waals surface area contributed by atoms with Crippen LogP contribution in [-0.4, -0.2) is 59.0 Å². The average Bonchev–Trinajstić information content (AvgIpc) is 3.45. The average molecular weight is 325 g/mol. The fraction of sp³-hybridized carbons (Fsp3) is 0.500. The predicted octanol–water partition coefficient (Wildman–Crippen LogP) is 1.42. The zero-order chi connectivity index (χ0) is 16.5. The molecule has 6 heteroatoms. The molecule has 1 amide bonds. The molecule has 0 radical (unpaired) electrons. The van der Waals surface area contributed by atoms with Gasteiger partial charge in [0.05, 0.1) is 11.6 Å². The number of nitrogens with one attached hydrogen (secondary N) is 1. The number of aromatic nitrogens is 2. The number of nitrogens with zero attached hydrogens (tertiary/aromatic N) is 4. The van der Waals surface area contributed by atoms with Crippen molar-refractivity contribution in [3.8, 4) is 0 Å². The second kappa shape index (κ2) is 6.36. The molecule has 1 atom stereocenters. The lowest BCUT2D eigenvalue weighted by atomic mass is 10.1. The van der Waals surface area contributed by atoms with Crippen molar-refractivity contribution >= 4 is 22.5 Å². The summed E-state index contributed by atoms with van der Waals surface area (Å²) in [6, 6.07) is 4.38.